The van der Waals surface area contributed by atoms with E-state index in [1.807, 2.05) is 41.3 Å². The smallest absolute Gasteiger partial charge is 0.244 e. The van der Waals surface area contributed by atoms with Crippen molar-refractivity contribution in [2.45, 2.75) is 13.1 Å². The first-order valence-corrected chi connectivity index (χ1v) is 8.72. The first kappa shape index (κ1) is 16.7. The largest absolute Gasteiger partial charge is 0.339 e. The van der Waals surface area contributed by atoms with Crippen LogP contribution in [0.25, 0.3) is 11.0 Å². The van der Waals surface area contributed by atoms with Crippen molar-refractivity contribution < 1.29 is 9.18 Å². The average Bonchev–Trinajstić information content (AvgIpc) is 3.07. The van der Waals surface area contributed by atoms with Gasteiger partial charge in [-0.2, -0.15) is 0 Å². The number of fused-ring (bicyclic) bond motifs is 1. The standard InChI is InChI=1S/C19H20FN5O/c20-16-7-5-15(6-8-16)13-23-9-11-24(12-10-23)19(26)14-25-18-4-2-1-3-17(18)21-22-25/h1-8H,9-14H2. The van der Waals surface area contributed by atoms with E-state index < -0.39 is 0 Å². The lowest BCUT2D eigenvalue weighted by Crippen LogP contribution is -2.49. The Hall–Kier alpha value is -2.80. The minimum absolute atomic E-state index is 0.0575. The van der Waals surface area contributed by atoms with Crippen molar-refractivity contribution in [1.29, 1.82) is 0 Å². The van der Waals surface area contributed by atoms with Crippen molar-refractivity contribution in [2.75, 3.05) is 26.2 Å². The molecule has 26 heavy (non-hydrogen) atoms. The third-order valence-corrected chi connectivity index (χ3v) is 4.75. The molecule has 0 radical (unpaired) electrons. The lowest BCUT2D eigenvalue weighted by atomic mass is 10.2. The number of hydrogen-bond acceptors (Lipinski definition) is 4. The van der Waals surface area contributed by atoms with Gasteiger partial charge in [0, 0.05) is 32.7 Å². The summed E-state index contributed by atoms with van der Waals surface area (Å²) < 4.78 is 14.6. The maximum atomic E-state index is 13.0. The molecule has 134 valence electrons. The summed E-state index contributed by atoms with van der Waals surface area (Å²) in [5, 5.41) is 8.18. The first-order valence-electron chi connectivity index (χ1n) is 8.72. The monoisotopic (exact) mass is 353 g/mol. The Balaban J connectivity index is 1.32. The van der Waals surface area contributed by atoms with Crippen LogP contribution >= 0.6 is 0 Å². The van der Waals surface area contributed by atoms with Crippen molar-refractivity contribution in [3.63, 3.8) is 0 Å². The van der Waals surface area contributed by atoms with Crippen LogP contribution in [0.3, 0.4) is 0 Å². The van der Waals surface area contributed by atoms with Gasteiger partial charge in [0.15, 0.2) is 0 Å². The van der Waals surface area contributed by atoms with Gasteiger partial charge in [0.1, 0.15) is 17.9 Å². The van der Waals surface area contributed by atoms with Gasteiger partial charge in [-0.15, -0.1) is 5.10 Å². The predicted octanol–water partition coefficient (Wildman–Crippen LogP) is 1.91. The average molecular weight is 353 g/mol. The van der Waals surface area contributed by atoms with Crippen molar-refractivity contribution in [3.8, 4) is 0 Å². The molecule has 3 aromatic rings. The molecule has 0 spiro atoms. The van der Waals surface area contributed by atoms with Crippen LogP contribution in [0.2, 0.25) is 0 Å². The van der Waals surface area contributed by atoms with E-state index in [0.717, 1.165) is 36.2 Å². The number of carbonyl (C=O) groups excluding carboxylic acids is 1. The Bertz CT molecular complexity index is 900. The van der Waals surface area contributed by atoms with E-state index in [1.54, 1.807) is 4.68 Å². The number of rotatable bonds is 4. The molecular weight excluding hydrogens is 333 g/mol. The van der Waals surface area contributed by atoms with E-state index in [-0.39, 0.29) is 18.3 Å². The SMILES string of the molecule is O=C(Cn1nnc2ccccc21)N1CCN(Cc2ccc(F)cc2)CC1. The molecule has 0 aliphatic carbocycles. The van der Waals surface area contributed by atoms with E-state index in [4.69, 9.17) is 0 Å². The van der Waals surface area contributed by atoms with E-state index >= 15 is 0 Å². The van der Waals surface area contributed by atoms with Crippen LogP contribution in [0.4, 0.5) is 4.39 Å². The summed E-state index contributed by atoms with van der Waals surface area (Å²) in [4.78, 5) is 16.7. The van der Waals surface area contributed by atoms with E-state index in [0.29, 0.717) is 13.1 Å². The minimum atomic E-state index is -0.218. The third-order valence-electron chi connectivity index (χ3n) is 4.75. The topological polar surface area (TPSA) is 54.3 Å². The number of hydrogen-bond donors (Lipinski definition) is 0. The summed E-state index contributed by atoms with van der Waals surface area (Å²) in [7, 11) is 0. The highest BCUT2D eigenvalue weighted by molar-refractivity contribution is 5.79. The zero-order valence-corrected chi connectivity index (χ0v) is 14.4. The molecule has 0 unspecified atom stereocenters. The lowest BCUT2D eigenvalue weighted by Gasteiger charge is -2.34. The van der Waals surface area contributed by atoms with Gasteiger partial charge in [-0.05, 0) is 29.8 Å². The van der Waals surface area contributed by atoms with E-state index in [1.165, 1.54) is 12.1 Å². The molecule has 6 nitrogen and oxygen atoms in total. The van der Waals surface area contributed by atoms with E-state index in [9.17, 15) is 9.18 Å². The first-order chi connectivity index (χ1) is 12.7. The molecular formula is C19H20FN5O. The molecule has 1 saturated heterocycles. The number of amides is 1. The molecule has 0 saturated carbocycles. The molecule has 2 heterocycles. The molecule has 0 atom stereocenters. The van der Waals surface area contributed by atoms with Gasteiger partial charge >= 0.3 is 0 Å². The molecule has 0 N–H and O–H groups in total. The van der Waals surface area contributed by atoms with Crippen LogP contribution in [0.15, 0.2) is 48.5 Å². The fraction of sp³-hybridized carbons (Fsp3) is 0.316. The summed E-state index contributed by atoms with van der Waals surface area (Å²) in [5.41, 5.74) is 2.75. The Kier molecular flexibility index (Phi) is 4.62. The predicted molar refractivity (Wildman–Crippen MR) is 95.8 cm³/mol. The van der Waals surface area contributed by atoms with Crippen LogP contribution < -0.4 is 0 Å². The quantitative estimate of drug-likeness (QED) is 0.719. The molecule has 1 aliphatic rings. The molecule has 7 heteroatoms. The summed E-state index contributed by atoms with van der Waals surface area (Å²) in [6.07, 6.45) is 0. The molecule has 1 aliphatic heterocycles. The van der Waals surface area contributed by atoms with Crippen LogP contribution in [0.1, 0.15) is 5.56 Å². The third kappa shape index (κ3) is 3.57. The zero-order chi connectivity index (χ0) is 17.9. The second-order valence-corrected chi connectivity index (χ2v) is 6.52. The number of nitrogens with zero attached hydrogens (tertiary/aromatic N) is 5. The summed E-state index contributed by atoms with van der Waals surface area (Å²) in [6.45, 7) is 3.97. The van der Waals surface area contributed by atoms with Gasteiger partial charge in [-0.1, -0.05) is 29.5 Å². The second kappa shape index (κ2) is 7.21. The molecule has 1 aromatic heterocycles. The fourth-order valence-corrected chi connectivity index (χ4v) is 3.27. The molecule has 4 rings (SSSR count). The van der Waals surface area contributed by atoms with E-state index in [2.05, 4.69) is 15.2 Å². The van der Waals surface area contributed by atoms with Crippen molar-refractivity contribution in [2.24, 2.45) is 0 Å². The Labute approximate surface area is 150 Å². The Morgan fingerprint density at radius 2 is 1.73 bits per heavy atom. The van der Waals surface area contributed by atoms with Crippen molar-refractivity contribution in [1.82, 2.24) is 24.8 Å². The molecule has 1 amide bonds. The minimum Gasteiger partial charge on any atom is -0.339 e. The summed E-state index contributed by atoms with van der Waals surface area (Å²) in [6, 6.07) is 14.2. The molecule has 1 fully saturated rings. The van der Waals surface area contributed by atoms with Crippen LogP contribution in [0.5, 0.6) is 0 Å². The number of piperazine rings is 1. The Morgan fingerprint density at radius 1 is 1.00 bits per heavy atom. The van der Waals surface area contributed by atoms with Crippen LogP contribution in [-0.4, -0.2) is 56.9 Å². The van der Waals surface area contributed by atoms with Crippen molar-refractivity contribution in [3.05, 3.63) is 59.9 Å². The molecule has 0 bridgehead atoms. The van der Waals surface area contributed by atoms with Gasteiger partial charge in [0.25, 0.3) is 0 Å². The fourth-order valence-electron chi connectivity index (χ4n) is 3.27. The zero-order valence-electron chi connectivity index (χ0n) is 14.4. The number of para-hydroxylation sites is 1. The van der Waals surface area contributed by atoms with Gasteiger partial charge in [0.05, 0.1) is 5.52 Å². The Morgan fingerprint density at radius 3 is 2.50 bits per heavy atom. The van der Waals surface area contributed by atoms with Crippen LogP contribution in [0, 0.1) is 5.82 Å². The summed E-state index contributed by atoms with van der Waals surface area (Å²) >= 11 is 0. The number of carbonyl (C=O) groups is 1. The summed E-state index contributed by atoms with van der Waals surface area (Å²) in [5.74, 6) is -0.160. The van der Waals surface area contributed by atoms with Gasteiger partial charge < -0.3 is 4.90 Å². The lowest BCUT2D eigenvalue weighted by molar-refractivity contribution is -0.133. The highest BCUT2D eigenvalue weighted by atomic mass is 19.1. The highest BCUT2D eigenvalue weighted by Gasteiger charge is 2.22. The maximum Gasteiger partial charge on any atom is 0.244 e. The number of benzene rings is 2. The highest BCUT2D eigenvalue weighted by Crippen LogP contribution is 2.12. The number of halogens is 1. The van der Waals surface area contributed by atoms with Gasteiger partial charge in [0.2, 0.25) is 5.91 Å². The second-order valence-electron chi connectivity index (χ2n) is 6.52. The van der Waals surface area contributed by atoms with Gasteiger partial charge in [-0.25, -0.2) is 9.07 Å². The van der Waals surface area contributed by atoms with Crippen molar-refractivity contribution >= 4 is 16.9 Å². The van der Waals surface area contributed by atoms with Crippen LogP contribution in [-0.2, 0) is 17.9 Å². The number of aromatic nitrogens is 3. The normalized spacial score (nSPS) is 15.5. The molecule has 2 aromatic carbocycles. The maximum absolute atomic E-state index is 13.0. The van der Waals surface area contributed by atoms with Gasteiger partial charge in [-0.3, -0.25) is 9.69 Å².